The average Bonchev–Trinajstić information content (AvgIpc) is 2.67. The second-order valence-electron chi connectivity index (χ2n) is 6.46. The van der Waals surface area contributed by atoms with Crippen LogP contribution in [0.25, 0.3) is 0 Å². The van der Waals surface area contributed by atoms with Crippen molar-refractivity contribution in [2.75, 3.05) is 46.4 Å². The quantitative estimate of drug-likeness (QED) is 0.822. The Morgan fingerprint density at radius 3 is 2.12 bits per heavy atom. The third-order valence-electron chi connectivity index (χ3n) is 4.87. The van der Waals surface area contributed by atoms with Crippen LogP contribution >= 0.6 is 0 Å². The summed E-state index contributed by atoms with van der Waals surface area (Å²) >= 11 is 0. The molecule has 1 aromatic carbocycles. The molecule has 0 atom stereocenters. The number of halogens is 1. The lowest BCUT2D eigenvalue weighted by molar-refractivity contribution is 0.0628. The number of rotatable bonds is 2. The number of likely N-dealkylation sites (tertiary alicyclic amines) is 1. The number of urea groups is 1. The first-order valence-electron chi connectivity index (χ1n) is 8.77. The van der Waals surface area contributed by atoms with E-state index in [1.807, 2.05) is 4.90 Å². The fraction of sp³-hybridized carbons (Fsp3) is 0.556. The van der Waals surface area contributed by atoms with E-state index in [1.54, 1.807) is 15.9 Å². The van der Waals surface area contributed by atoms with Crippen molar-refractivity contribution in [3.05, 3.63) is 29.6 Å². The fourth-order valence-electron chi connectivity index (χ4n) is 3.35. The summed E-state index contributed by atoms with van der Waals surface area (Å²) in [6.07, 6.45) is 3.29. The Morgan fingerprint density at radius 2 is 1.52 bits per heavy atom. The van der Waals surface area contributed by atoms with E-state index in [0.29, 0.717) is 31.9 Å². The second-order valence-corrected chi connectivity index (χ2v) is 6.46. The van der Waals surface area contributed by atoms with Gasteiger partial charge in [0, 0.05) is 45.3 Å². The first kappa shape index (κ1) is 17.5. The van der Waals surface area contributed by atoms with Gasteiger partial charge >= 0.3 is 6.03 Å². The number of ether oxygens (including phenoxy) is 1. The molecule has 0 N–H and O–H groups in total. The van der Waals surface area contributed by atoms with Crippen molar-refractivity contribution in [3.8, 4) is 5.75 Å². The summed E-state index contributed by atoms with van der Waals surface area (Å²) in [5.74, 6) is -0.549. The number of nitrogens with zero attached hydrogens (tertiary/aromatic N) is 3. The Morgan fingerprint density at radius 1 is 0.920 bits per heavy atom. The van der Waals surface area contributed by atoms with Crippen molar-refractivity contribution in [2.24, 2.45) is 0 Å². The standard InChI is InChI=1S/C18H24FN3O3/c1-25-14-5-6-15(16(19)13-14)17(23)20-9-11-22(12-10-20)18(24)21-7-3-2-4-8-21/h5-6,13H,2-4,7-12H2,1H3. The van der Waals surface area contributed by atoms with Crippen LogP contribution in [0.4, 0.5) is 9.18 Å². The molecule has 6 nitrogen and oxygen atoms in total. The molecule has 0 radical (unpaired) electrons. The maximum atomic E-state index is 14.1. The molecule has 0 bridgehead atoms. The van der Waals surface area contributed by atoms with Crippen molar-refractivity contribution < 1.29 is 18.7 Å². The minimum absolute atomic E-state index is 0.0385. The maximum Gasteiger partial charge on any atom is 0.320 e. The normalized spacial score (nSPS) is 18.2. The van der Waals surface area contributed by atoms with Crippen LogP contribution in [0.5, 0.6) is 5.75 Å². The predicted molar refractivity (Wildman–Crippen MR) is 91.2 cm³/mol. The summed E-state index contributed by atoms with van der Waals surface area (Å²) in [5.41, 5.74) is 0.0385. The van der Waals surface area contributed by atoms with Gasteiger partial charge in [0.05, 0.1) is 12.7 Å². The third kappa shape index (κ3) is 3.86. The number of amides is 3. The van der Waals surface area contributed by atoms with Gasteiger partial charge in [0.2, 0.25) is 0 Å². The van der Waals surface area contributed by atoms with E-state index in [0.717, 1.165) is 25.9 Å². The molecule has 2 aliphatic rings. The molecule has 2 heterocycles. The number of methoxy groups -OCH3 is 1. The Labute approximate surface area is 147 Å². The third-order valence-corrected chi connectivity index (χ3v) is 4.87. The Hall–Kier alpha value is -2.31. The predicted octanol–water partition coefficient (Wildman–Crippen LogP) is 2.20. The number of benzene rings is 1. The molecule has 0 unspecified atom stereocenters. The van der Waals surface area contributed by atoms with Gasteiger partial charge < -0.3 is 19.4 Å². The highest BCUT2D eigenvalue weighted by atomic mass is 19.1. The van der Waals surface area contributed by atoms with Crippen LogP contribution < -0.4 is 4.74 Å². The Balaban J connectivity index is 1.58. The van der Waals surface area contributed by atoms with Gasteiger partial charge in [0.25, 0.3) is 5.91 Å². The zero-order valence-electron chi connectivity index (χ0n) is 14.5. The summed E-state index contributed by atoms with van der Waals surface area (Å²) in [5, 5.41) is 0. The maximum absolute atomic E-state index is 14.1. The molecule has 1 aromatic rings. The molecule has 2 fully saturated rings. The fourth-order valence-corrected chi connectivity index (χ4v) is 3.35. The molecule has 0 spiro atoms. The molecule has 3 amide bonds. The zero-order chi connectivity index (χ0) is 17.8. The van der Waals surface area contributed by atoms with Gasteiger partial charge in [0.15, 0.2) is 0 Å². The highest BCUT2D eigenvalue weighted by Gasteiger charge is 2.29. The molecular formula is C18H24FN3O3. The average molecular weight is 349 g/mol. The number of piperazine rings is 1. The van der Waals surface area contributed by atoms with E-state index in [4.69, 9.17) is 4.74 Å². The van der Waals surface area contributed by atoms with E-state index < -0.39 is 5.82 Å². The highest BCUT2D eigenvalue weighted by Crippen LogP contribution is 2.19. The Bertz CT molecular complexity index is 638. The largest absolute Gasteiger partial charge is 0.497 e. The van der Waals surface area contributed by atoms with Crippen LogP contribution in [0.1, 0.15) is 29.6 Å². The van der Waals surface area contributed by atoms with Crippen LogP contribution in [-0.4, -0.2) is 73.0 Å². The van der Waals surface area contributed by atoms with Crippen molar-refractivity contribution >= 4 is 11.9 Å². The SMILES string of the molecule is COc1ccc(C(=O)N2CCN(C(=O)N3CCCCC3)CC2)c(F)c1. The number of carbonyl (C=O) groups is 2. The van der Waals surface area contributed by atoms with Crippen LogP contribution in [0.15, 0.2) is 18.2 Å². The molecule has 3 rings (SSSR count). The molecule has 25 heavy (non-hydrogen) atoms. The van der Waals surface area contributed by atoms with Gasteiger partial charge in [-0.1, -0.05) is 0 Å². The number of hydrogen-bond donors (Lipinski definition) is 0. The van der Waals surface area contributed by atoms with Crippen LogP contribution in [0.2, 0.25) is 0 Å². The molecule has 2 saturated heterocycles. The molecule has 136 valence electrons. The van der Waals surface area contributed by atoms with E-state index >= 15 is 0 Å². The molecule has 0 aliphatic carbocycles. The minimum Gasteiger partial charge on any atom is -0.497 e. The van der Waals surface area contributed by atoms with Gasteiger partial charge in [-0.05, 0) is 31.4 Å². The van der Waals surface area contributed by atoms with Crippen LogP contribution in [0, 0.1) is 5.82 Å². The summed E-state index contributed by atoms with van der Waals surface area (Å²) < 4.78 is 19.1. The highest BCUT2D eigenvalue weighted by molar-refractivity contribution is 5.94. The Kier molecular flexibility index (Phi) is 5.40. The number of carbonyl (C=O) groups excluding carboxylic acids is 2. The first-order valence-corrected chi connectivity index (χ1v) is 8.77. The lowest BCUT2D eigenvalue weighted by Gasteiger charge is -2.38. The van der Waals surface area contributed by atoms with Crippen molar-refractivity contribution in [1.29, 1.82) is 0 Å². The van der Waals surface area contributed by atoms with Gasteiger partial charge in [-0.2, -0.15) is 0 Å². The summed E-state index contributed by atoms with van der Waals surface area (Å²) in [4.78, 5) is 30.3. The molecule has 7 heteroatoms. The first-order chi connectivity index (χ1) is 12.1. The van der Waals surface area contributed by atoms with Gasteiger partial charge in [0.1, 0.15) is 11.6 Å². The molecule has 2 aliphatic heterocycles. The monoisotopic (exact) mass is 349 g/mol. The lowest BCUT2D eigenvalue weighted by Crippen LogP contribution is -2.54. The zero-order valence-corrected chi connectivity index (χ0v) is 14.5. The summed E-state index contributed by atoms with van der Waals surface area (Å²) in [6.45, 7) is 3.44. The van der Waals surface area contributed by atoms with Crippen molar-refractivity contribution in [2.45, 2.75) is 19.3 Å². The molecular weight excluding hydrogens is 325 g/mol. The van der Waals surface area contributed by atoms with Crippen LogP contribution in [-0.2, 0) is 0 Å². The molecule has 0 aromatic heterocycles. The van der Waals surface area contributed by atoms with Gasteiger partial charge in [-0.3, -0.25) is 4.79 Å². The van der Waals surface area contributed by atoms with E-state index in [-0.39, 0.29) is 17.5 Å². The molecule has 0 saturated carbocycles. The van der Waals surface area contributed by atoms with Gasteiger partial charge in [-0.25, -0.2) is 9.18 Å². The summed E-state index contributed by atoms with van der Waals surface area (Å²) in [6, 6.07) is 4.29. The summed E-state index contributed by atoms with van der Waals surface area (Å²) in [7, 11) is 1.45. The van der Waals surface area contributed by atoms with Gasteiger partial charge in [-0.15, -0.1) is 0 Å². The smallest absolute Gasteiger partial charge is 0.320 e. The number of piperidine rings is 1. The van der Waals surface area contributed by atoms with E-state index in [2.05, 4.69) is 0 Å². The second kappa shape index (κ2) is 7.72. The van der Waals surface area contributed by atoms with Crippen molar-refractivity contribution in [3.63, 3.8) is 0 Å². The van der Waals surface area contributed by atoms with Crippen molar-refractivity contribution in [1.82, 2.24) is 14.7 Å². The van der Waals surface area contributed by atoms with E-state index in [1.165, 1.54) is 25.7 Å². The van der Waals surface area contributed by atoms with Crippen LogP contribution in [0.3, 0.4) is 0 Å². The minimum atomic E-state index is -0.587. The lowest BCUT2D eigenvalue weighted by atomic mass is 10.1. The van der Waals surface area contributed by atoms with E-state index in [9.17, 15) is 14.0 Å². The topological polar surface area (TPSA) is 53.1 Å². The number of hydrogen-bond acceptors (Lipinski definition) is 3.